The van der Waals surface area contributed by atoms with Crippen LogP contribution in [0.2, 0.25) is 0 Å². The molecule has 1 unspecified atom stereocenters. The average Bonchev–Trinajstić information content (AvgIpc) is 2.24. The first-order valence-corrected chi connectivity index (χ1v) is 5.77. The molecule has 4 N–H and O–H groups in total. The van der Waals surface area contributed by atoms with Gasteiger partial charge in [-0.15, -0.1) is 0 Å². The smallest absolute Gasteiger partial charge is 0.328 e. The molecule has 4 amide bonds. The van der Waals surface area contributed by atoms with Crippen LogP contribution in [0.15, 0.2) is 0 Å². The Morgan fingerprint density at radius 3 is 2.00 bits per heavy atom. The minimum Gasteiger partial charge on any atom is -0.394 e. The zero-order valence-electron chi connectivity index (χ0n) is 10.4. The third kappa shape index (κ3) is 2.85. The first-order valence-electron chi connectivity index (χ1n) is 5.77. The molecule has 1 atom stereocenters. The third-order valence-electron chi connectivity index (χ3n) is 2.87. The van der Waals surface area contributed by atoms with Crippen molar-refractivity contribution in [3.63, 3.8) is 0 Å². The van der Waals surface area contributed by atoms with Gasteiger partial charge in [0.25, 0.3) is 0 Å². The van der Waals surface area contributed by atoms with Crippen molar-refractivity contribution < 1.29 is 24.6 Å². The lowest BCUT2D eigenvalue weighted by molar-refractivity contribution is -0.148. The van der Waals surface area contributed by atoms with Crippen LogP contribution in [-0.2, 0) is 9.59 Å². The van der Waals surface area contributed by atoms with E-state index in [2.05, 4.69) is 0 Å². The number of amides is 4. The maximum atomic E-state index is 11.9. The normalized spacial score (nSPS) is 20.6. The number of nitrogens with one attached hydrogen (secondary N) is 2. The Morgan fingerprint density at radius 2 is 1.61 bits per heavy atom. The minimum absolute atomic E-state index is 0.0144. The predicted molar refractivity (Wildman–Crippen MR) is 61.3 cm³/mol. The van der Waals surface area contributed by atoms with Gasteiger partial charge < -0.3 is 10.2 Å². The van der Waals surface area contributed by atoms with Gasteiger partial charge in [0.1, 0.15) is 5.41 Å². The van der Waals surface area contributed by atoms with Gasteiger partial charge in [-0.1, -0.05) is 13.8 Å². The molecule has 1 aliphatic rings. The number of aliphatic hydroxyl groups is 2. The molecule has 1 rings (SSSR count). The molecule has 1 saturated heterocycles. The van der Waals surface area contributed by atoms with Crippen molar-refractivity contribution in [2.24, 2.45) is 11.3 Å². The van der Waals surface area contributed by atoms with Crippen molar-refractivity contribution >= 4 is 17.8 Å². The first-order chi connectivity index (χ1) is 8.31. The fourth-order valence-corrected chi connectivity index (χ4v) is 2.20. The number of hydrogen-bond donors (Lipinski definition) is 4. The van der Waals surface area contributed by atoms with E-state index in [1.807, 2.05) is 24.5 Å². The van der Waals surface area contributed by atoms with Crippen LogP contribution in [-0.4, -0.2) is 40.8 Å². The number of imide groups is 2. The van der Waals surface area contributed by atoms with Crippen LogP contribution in [0, 0.1) is 11.3 Å². The van der Waals surface area contributed by atoms with Gasteiger partial charge in [-0.2, -0.15) is 0 Å². The molecule has 0 saturated carbocycles. The number of aliphatic hydroxyl groups excluding tert-OH is 2. The Hall–Kier alpha value is -1.47. The summed E-state index contributed by atoms with van der Waals surface area (Å²) in [5.41, 5.74) is -1.51. The van der Waals surface area contributed by atoms with Crippen molar-refractivity contribution in [1.82, 2.24) is 10.6 Å². The molecule has 7 nitrogen and oxygen atoms in total. The van der Waals surface area contributed by atoms with Crippen molar-refractivity contribution in [3.8, 4) is 0 Å². The Bertz CT molecular complexity index is 346. The molecule has 0 radical (unpaired) electrons. The maximum absolute atomic E-state index is 11.9. The molecule has 1 fully saturated rings. The number of hydrogen-bond acceptors (Lipinski definition) is 5. The summed E-state index contributed by atoms with van der Waals surface area (Å²) in [6.45, 7) is 3.10. The van der Waals surface area contributed by atoms with Crippen LogP contribution >= 0.6 is 0 Å². The molecule has 0 spiro atoms. The highest BCUT2D eigenvalue weighted by molar-refractivity contribution is 6.19. The lowest BCUT2D eigenvalue weighted by Crippen LogP contribution is -2.63. The Morgan fingerprint density at radius 1 is 1.11 bits per heavy atom. The summed E-state index contributed by atoms with van der Waals surface area (Å²) < 4.78 is 0. The Labute approximate surface area is 105 Å². The van der Waals surface area contributed by atoms with E-state index in [0.717, 1.165) is 0 Å². The van der Waals surface area contributed by atoms with Crippen LogP contribution < -0.4 is 10.6 Å². The van der Waals surface area contributed by atoms with E-state index >= 15 is 0 Å². The largest absolute Gasteiger partial charge is 0.394 e. The number of urea groups is 1. The molecule has 1 heterocycles. The summed E-state index contributed by atoms with van der Waals surface area (Å²) in [6, 6.07) is -0.858. The second-order valence-electron chi connectivity index (χ2n) is 4.96. The molecule has 1 aliphatic heterocycles. The molecule has 102 valence electrons. The summed E-state index contributed by atoms with van der Waals surface area (Å²) in [5, 5.41) is 22.4. The lowest BCUT2D eigenvalue weighted by Gasteiger charge is -2.36. The van der Waals surface area contributed by atoms with Gasteiger partial charge in [0.05, 0.1) is 12.7 Å². The van der Waals surface area contributed by atoms with E-state index in [4.69, 9.17) is 5.11 Å². The highest BCUT2D eigenvalue weighted by atomic mass is 16.3. The van der Waals surface area contributed by atoms with Gasteiger partial charge in [0.15, 0.2) is 0 Å². The second kappa shape index (κ2) is 5.45. The first kappa shape index (κ1) is 14.6. The molecule has 0 aromatic rings. The fourth-order valence-electron chi connectivity index (χ4n) is 2.20. The molecule has 7 heteroatoms. The van der Waals surface area contributed by atoms with Gasteiger partial charge in [-0.25, -0.2) is 4.79 Å². The van der Waals surface area contributed by atoms with Gasteiger partial charge in [0.2, 0.25) is 11.8 Å². The van der Waals surface area contributed by atoms with E-state index in [9.17, 15) is 19.5 Å². The second-order valence-corrected chi connectivity index (χ2v) is 4.96. The van der Waals surface area contributed by atoms with E-state index in [-0.39, 0.29) is 18.8 Å². The Kier molecular flexibility index (Phi) is 4.42. The number of carbonyl (C=O) groups excluding carboxylic acids is 3. The quantitative estimate of drug-likeness (QED) is 0.478. The monoisotopic (exact) mass is 258 g/mol. The van der Waals surface area contributed by atoms with Gasteiger partial charge in [0, 0.05) is 0 Å². The highest BCUT2D eigenvalue weighted by Gasteiger charge is 2.51. The average molecular weight is 258 g/mol. The highest BCUT2D eigenvalue weighted by Crippen LogP contribution is 2.34. The van der Waals surface area contributed by atoms with Crippen molar-refractivity contribution in [2.45, 2.75) is 32.8 Å². The van der Waals surface area contributed by atoms with E-state index < -0.39 is 36.0 Å². The summed E-state index contributed by atoms with van der Waals surface area (Å²) in [4.78, 5) is 34.9. The van der Waals surface area contributed by atoms with E-state index in [1.54, 1.807) is 0 Å². The zero-order chi connectivity index (χ0) is 13.9. The molecule has 0 aromatic carbocycles. The van der Waals surface area contributed by atoms with Crippen LogP contribution in [0.1, 0.15) is 26.7 Å². The van der Waals surface area contributed by atoms with Crippen molar-refractivity contribution in [3.05, 3.63) is 0 Å². The zero-order valence-corrected chi connectivity index (χ0v) is 10.4. The predicted octanol–water partition coefficient (Wildman–Crippen LogP) is -0.872. The van der Waals surface area contributed by atoms with E-state index in [0.29, 0.717) is 0 Å². The topological polar surface area (TPSA) is 116 Å². The van der Waals surface area contributed by atoms with Gasteiger partial charge in [-0.3, -0.25) is 20.2 Å². The van der Waals surface area contributed by atoms with Crippen LogP contribution in [0.5, 0.6) is 0 Å². The maximum Gasteiger partial charge on any atom is 0.328 e. The number of barbiturate groups is 1. The van der Waals surface area contributed by atoms with Crippen molar-refractivity contribution in [2.75, 3.05) is 6.61 Å². The van der Waals surface area contributed by atoms with E-state index in [1.165, 1.54) is 0 Å². The molecule has 0 aliphatic carbocycles. The molecule has 18 heavy (non-hydrogen) atoms. The van der Waals surface area contributed by atoms with Crippen LogP contribution in [0.25, 0.3) is 0 Å². The standard InChI is InChI=1S/C11H18N2O5/c1-6(2)3-11(4-7(15)5-14)8(16)12-10(18)13-9(11)17/h6-7,14-15H,3-5H2,1-2H3,(H2,12,13,16,17,18). The molecule has 0 aromatic heterocycles. The van der Waals surface area contributed by atoms with Crippen molar-refractivity contribution in [1.29, 1.82) is 0 Å². The SMILES string of the molecule is CC(C)CC1(CC(O)CO)C(=O)NC(=O)NC1=O. The van der Waals surface area contributed by atoms with Gasteiger partial charge in [-0.05, 0) is 18.8 Å². The Balaban J connectivity index is 3.05. The lowest BCUT2D eigenvalue weighted by atomic mass is 9.73. The molecular formula is C11H18N2O5. The van der Waals surface area contributed by atoms with Crippen LogP contribution in [0.4, 0.5) is 4.79 Å². The van der Waals surface area contributed by atoms with Gasteiger partial charge >= 0.3 is 6.03 Å². The summed E-state index contributed by atoms with van der Waals surface area (Å²) in [7, 11) is 0. The molecular weight excluding hydrogens is 240 g/mol. The fraction of sp³-hybridized carbons (Fsp3) is 0.727. The molecule has 0 bridgehead atoms. The summed E-state index contributed by atoms with van der Waals surface area (Å²) in [5.74, 6) is -1.43. The number of rotatable bonds is 5. The minimum atomic E-state index is -1.51. The summed E-state index contributed by atoms with van der Waals surface area (Å²) in [6.07, 6.45) is -1.21. The third-order valence-corrected chi connectivity index (χ3v) is 2.87. The summed E-state index contributed by atoms with van der Waals surface area (Å²) >= 11 is 0. The number of carbonyl (C=O) groups is 3. The van der Waals surface area contributed by atoms with Crippen LogP contribution in [0.3, 0.4) is 0 Å².